The monoisotopic (exact) mass is 231 g/mol. The van der Waals surface area contributed by atoms with Crippen molar-refractivity contribution in [3.05, 3.63) is 0 Å². The summed E-state index contributed by atoms with van der Waals surface area (Å²) in [6.45, 7) is 15.1. The van der Waals surface area contributed by atoms with Crippen molar-refractivity contribution in [2.45, 2.75) is 53.9 Å². The minimum absolute atomic E-state index is 0.909. The van der Waals surface area contributed by atoms with E-state index in [9.17, 15) is 0 Å². The van der Waals surface area contributed by atoms with Gasteiger partial charge in [-0.2, -0.15) is 0 Å². The molecule has 0 amide bonds. The molecule has 0 aliphatic carbocycles. The molecule has 1 aliphatic heterocycles. The Hall–Kier alpha value is -0.0800. The van der Waals surface area contributed by atoms with Crippen LogP contribution in [0.15, 0.2) is 0 Å². The van der Waals surface area contributed by atoms with Gasteiger partial charge in [-0.1, -0.05) is 34.6 Å². The molecular formula is C14H33NO. The molecule has 2 heteroatoms. The van der Waals surface area contributed by atoms with Crippen molar-refractivity contribution < 1.29 is 4.74 Å². The lowest BCUT2D eigenvalue weighted by atomic mass is 9.99. The molecular weight excluding hydrogens is 198 g/mol. The summed E-state index contributed by atoms with van der Waals surface area (Å²) >= 11 is 0. The summed E-state index contributed by atoms with van der Waals surface area (Å²) in [5, 5.41) is 0. The smallest absolute Gasteiger partial charge is 0.0474 e. The lowest BCUT2D eigenvalue weighted by molar-refractivity contribution is 0.150. The van der Waals surface area contributed by atoms with Gasteiger partial charge in [0.05, 0.1) is 0 Å². The van der Waals surface area contributed by atoms with Gasteiger partial charge in [0.1, 0.15) is 0 Å². The Labute approximate surface area is 103 Å². The Bertz CT molecular complexity index is 109. The van der Waals surface area contributed by atoms with E-state index in [-0.39, 0.29) is 0 Å². The first-order valence-corrected chi connectivity index (χ1v) is 7.04. The molecule has 100 valence electrons. The minimum Gasteiger partial charge on any atom is -0.385 e. The van der Waals surface area contributed by atoms with Gasteiger partial charge in [0.15, 0.2) is 0 Å². The van der Waals surface area contributed by atoms with Crippen LogP contribution in [0.1, 0.15) is 53.9 Å². The van der Waals surface area contributed by atoms with E-state index in [4.69, 9.17) is 4.74 Å². The topological polar surface area (TPSA) is 12.5 Å². The molecule has 1 fully saturated rings. The summed E-state index contributed by atoms with van der Waals surface area (Å²) in [5.41, 5.74) is 0. The van der Waals surface area contributed by atoms with Gasteiger partial charge in [-0.25, -0.2) is 0 Å². The van der Waals surface area contributed by atoms with Crippen LogP contribution in [0.4, 0.5) is 0 Å². The number of piperidine rings is 1. The van der Waals surface area contributed by atoms with Gasteiger partial charge in [0.2, 0.25) is 0 Å². The van der Waals surface area contributed by atoms with Crippen LogP contribution in [0.25, 0.3) is 0 Å². The maximum Gasteiger partial charge on any atom is 0.0474 e. The Balaban J connectivity index is 0. The number of rotatable bonds is 4. The predicted molar refractivity (Wildman–Crippen MR) is 74.0 cm³/mol. The third-order valence-corrected chi connectivity index (χ3v) is 2.70. The van der Waals surface area contributed by atoms with E-state index in [1.54, 1.807) is 7.11 Å². The predicted octanol–water partition coefficient (Wildman–Crippen LogP) is 3.81. The number of hydrogen-bond acceptors (Lipinski definition) is 2. The van der Waals surface area contributed by atoms with Crippen LogP contribution in [0.2, 0.25) is 0 Å². The molecule has 0 N–H and O–H groups in total. The number of hydrogen-bond donors (Lipinski definition) is 0. The van der Waals surface area contributed by atoms with Gasteiger partial charge in [-0.15, -0.1) is 0 Å². The van der Waals surface area contributed by atoms with E-state index in [1.165, 1.54) is 38.9 Å². The first kappa shape index (κ1) is 18.3. The molecule has 0 saturated carbocycles. The second-order valence-electron chi connectivity index (χ2n) is 3.87. The van der Waals surface area contributed by atoms with Crippen LogP contribution in [0.5, 0.6) is 0 Å². The van der Waals surface area contributed by atoms with Crippen LogP contribution in [0.3, 0.4) is 0 Å². The second-order valence-corrected chi connectivity index (χ2v) is 3.87. The highest BCUT2D eigenvalue weighted by Gasteiger charge is 2.14. The van der Waals surface area contributed by atoms with Gasteiger partial charge in [0.25, 0.3) is 0 Å². The average Bonchev–Trinajstić information content (AvgIpc) is 2.37. The summed E-state index contributed by atoms with van der Waals surface area (Å²) in [6, 6.07) is 0. The molecule has 0 aromatic rings. The molecule has 0 spiro atoms. The van der Waals surface area contributed by atoms with Gasteiger partial charge < -0.3 is 9.64 Å². The lowest BCUT2D eigenvalue weighted by Gasteiger charge is -2.29. The number of nitrogens with zero attached hydrogens (tertiary/aromatic N) is 1. The van der Waals surface area contributed by atoms with Crippen molar-refractivity contribution in [3.8, 4) is 0 Å². The maximum atomic E-state index is 5.03. The van der Waals surface area contributed by atoms with Crippen molar-refractivity contribution in [2.75, 3.05) is 33.4 Å². The van der Waals surface area contributed by atoms with Crippen LogP contribution in [0, 0.1) is 5.92 Å². The van der Waals surface area contributed by atoms with E-state index in [0.29, 0.717) is 0 Å². The Morgan fingerprint density at radius 3 is 2.00 bits per heavy atom. The van der Waals surface area contributed by atoms with E-state index >= 15 is 0 Å². The molecule has 2 nitrogen and oxygen atoms in total. The Morgan fingerprint density at radius 2 is 1.56 bits per heavy atom. The molecule has 1 heterocycles. The highest BCUT2D eigenvalue weighted by atomic mass is 16.5. The molecule has 1 aliphatic rings. The average molecular weight is 231 g/mol. The Kier molecular flexibility index (Phi) is 17.1. The van der Waals surface area contributed by atoms with Crippen molar-refractivity contribution in [3.63, 3.8) is 0 Å². The quantitative estimate of drug-likeness (QED) is 0.682. The highest BCUT2D eigenvalue weighted by molar-refractivity contribution is 4.68. The van der Waals surface area contributed by atoms with Gasteiger partial charge in [-0.3, -0.25) is 0 Å². The zero-order chi connectivity index (χ0) is 12.8. The molecule has 1 saturated heterocycles. The first-order valence-electron chi connectivity index (χ1n) is 7.04. The molecule has 0 atom stereocenters. The van der Waals surface area contributed by atoms with E-state index in [1.807, 2.05) is 27.7 Å². The summed E-state index contributed by atoms with van der Waals surface area (Å²) in [5.74, 6) is 0.948. The standard InChI is InChI=1S/C10H21NO.2C2H6/c1-10-4-7-11(8-5-10)6-3-9-12-2;2*1-2/h10H,3-9H2,1-2H3;2*1-2H3. The molecule has 1 rings (SSSR count). The fraction of sp³-hybridized carbons (Fsp3) is 1.00. The number of methoxy groups -OCH3 is 1. The van der Waals surface area contributed by atoms with E-state index < -0.39 is 0 Å². The summed E-state index contributed by atoms with van der Waals surface area (Å²) in [6.07, 6.45) is 3.95. The molecule has 0 bridgehead atoms. The highest BCUT2D eigenvalue weighted by Crippen LogP contribution is 2.15. The summed E-state index contributed by atoms with van der Waals surface area (Å²) < 4.78 is 5.03. The fourth-order valence-electron chi connectivity index (χ4n) is 1.72. The van der Waals surface area contributed by atoms with Crippen molar-refractivity contribution >= 4 is 0 Å². The molecule has 0 aromatic carbocycles. The first-order chi connectivity index (χ1) is 7.83. The van der Waals surface area contributed by atoms with E-state index in [0.717, 1.165) is 12.5 Å². The Morgan fingerprint density at radius 1 is 1.06 bits per heavy atom. The molecule has 0 unspecified atom stereocenters. The number of likely N-dealkylation sites (tertiary alicyclic amines) is 1. The third-order valence-electron chi connectivity index (χ3n) is 2.70. The fourth-order valence-corrected chi connectivity index (χ4v) is 1.72. The van der Waals surface area contributed by atoms with Crippen LogP contribution < -0.4 is 0 Å². The zero-order valence-corrected chi connectivity index (χ0v) is 12.4. The van der Waals surface area contributed by atoms with E-state index in [2.05, 4.69) is 11.8 Å². The van der Waals surface area contributed by atoms with Gasteiger partial charge in [0, 0.05) is 20.3 Å². The second kappa shape index (κ2) is 14.9. The molecule has 16 heavy (non-hydrogen) atoms. The number of ether oxygens (including phenoxy) is 1. The van der Waals surface area contributed by atoms with Gasteiger partial charge >= 0.3 is 0 Å². The van der Waals surface area contributed by atoms with Crippen molar-refractivity contribution in [1.29, 1.82) is 0 Å². The summed E-state index contributed by atoms with van der Waals surface area (Å²) in [4.78, 5) is 2.55. The SMILES string of the molecule is CC.CC.COCCCN1CCC(C)CC1. The molecule has 0 radical (unpaired) electrons. The minimum atomic E-state index is 0.909. The van der Waals surface area contributed by atoms with Crippen LogP contribution in [-0.2, 0) is 4.74 Å². The normalized spacial score (nSPS) is 16.9. The lowest BCUT2D eigenvalue weighted by Crippen LogP contribution is -2.33. The van der Waals surface area contributed by atoms with Crippen molar-refractivity contribution in [2.24, 2.45) is 5.92 Å². The third kappa shape index (κ3) is 10.4. The molecule has 0 aromatic heterocycles. The zero-order valence-electron chi connectivity index (χ0n) is 12.4. The van der Waals surface area contributed by atoms with Crippen LogP contribution in [-0.4, -0.2) is 38.3 Å². The largest absolute Gasteiger partial charge is 0.385 e. The maximum absolute atomic E-state index is 5.03. The van der Waals surface area contributed by atoms with Crippen LogP contribution >= 0.6 is 0 Å². The summed E-state index contributed by atoms with van der Waals surface area (Å²) in [7, 11) is 1.78. The van der Waals surface area contributed by atoms with Crippen molar-refractivity contribution in [1.82, 2.24) is 4.90 Å². The van der Waals surface area contributed by atoms with Gasteiger partial charge in [-0.05, 0) is 38.3 Å².